The Kier molecular flexibility index (Phi) is 4.21. The largest absolute Gasteiger partial charge is 0.374 e. The van der Waals surface area contributed by atoms with E-state index < -0.39 is 0 Å². The molecule has 0 unspecified atom stereocenters. The fourth-order valence-electron chi connectivity index (χ4n) is 2.53. The molecule has 1 spiro atoms. The molecule has 1 aliphatic carbocycles. The van der Waals surface area contributed by atoms with Gasteiger partial charge >= 0.3 is 0 Å². The van der Waals surface area contributed by atoms with Crippen LogP contribution in [0.4, 0.5) is 4.39 Å². The zero-order chi connectivity index (χ0) is 12.3. The maximum atomic E-state index is 12.8. The van der Waals surface area contributed by atoms with Gasteiger partial charge in [-0.1, -0.05) is 0 Å². The van der Waals surface area contributed by atoms with Gasteiger partial charge in [0.15, 0.2) is 0 Å². The Hall–Kier alpha value is -0.410. The van der Waals surface area contributed by atoms with E-state index in [-0.39, 0.29) is 6.10 Å². The van der Waals surface area contributed by atoms with E-state index in [2.05, 4.69) is 4.90 Å². The van der Waals surface area contributed by atoms with Crippen LogP contribution in [0.25, 0.3) is 0 Å². The Morgan fingerprint density at radius 3 is 2.41 bits per heavy atom. The predicted octanol–water partition coefficient (Wildman–Crippen LogP) is 3.14. The fourth-order valence-corrected chi connectivity index (χ4v) is 2.53. The second-order valence-corrected chi connectivity index (χ2v) is 5.90. The molecule has 1 aliphatic heterocycles. The lowest BCUT2D eigenvalue weighted by Crippen LogP contribution is -2.36. The first-order chi connectivity index (χ1) is 8.13. The summed E-state index contributed by atoms with van der Waals surface area (Å²) in [6.45, 7) is 7.37. The van der Waals surface area contributed by atoms with Crippen LogP contribution in [0.1, 0.15) is 39.5 Å². The quantitative estimate of drug-likeness (QED) is 0.733. The van der Waals surface area contributed by atoms with E-state index in [1.165, 1.54) is 25.7 Å². The molecule has 0 radical (unpaired) electrons. The summed E-state index contributed by atoms with van der Waals surface area (Å²) in [5, 5.41) is 0. The Labute approximate surface area is 104 Å². The average molecular weight is 241 g/mol. The minimum atomic E-state index is 0.168. The van der Waals surface area contributed by atoms with Gasteiger partial charge in [0.1, 0.15) is 0 Å². The van der Waals surface area contributed by atoms with E-state index in [0.717, 1.165) is 31.5 Å². The molecule has 17 heavy (non-hydrogen) atoms. The van der Waals surface area contributed by atoms with Crippen LogP contribution in [-0.2, 0) is 4.74 Å². The van der Waals surface area contributed by atoms with Crippen LogP contribution >= 0.6 is 0 Å². The Morgan fingerprint density at radius 1 is 1.29 bits per heavy atom. The molecule has 0 aromatic heterocycles. The summed E-state index contributed by atoms with van der Waals surface area (Å²) in [5.41, 5.74) is 1.47. The molecule has 0 aromatic rings. The molecule has 2 rings (SSSR count). The number of nitrogens with zero attached hydrogens (tertiary/aromatic N) is 1. The van der Waals surface area contributed by atoms with E-state index >= 15 is 0 Å². The highest BCUT2D eigenvalue weighted by molar-refractivity contribution is 5.04. The third-order valence-electron chi connectivity index (χ3n) is 4.06. The van der Waals surface area contributed by atoms with Crippen LogP contribution in [0.3, 0.4) is 0 Å². The van der Waals surface area contributed by atoms with E-state index in [1.54, 1.807) is 0 Å². The highest BCUT2D eigenvalue weighted by Crippen LogP contribution is 2.53. The maximum Gasteiger partial charge on any atom is 0.0894 e. The van der Waals surface area contributed by atoms with Crippen LogP contribution < -0.4 is 0 Å². The SMILES string of the molecule is CC(C)OC/C(=C/F)CN1CCC2(CC1)CC2. The average Bonchev–Trinajstić information content (AvgIpc) is 3.07. The lowest BCUT2D eigenvalue weighted by molar-refractivity contribution is 0.0895. The van der Waals surface area contributed by atoms with Crippen LogP contribution in [0.5, 0.6) is 0 Å². The lowest BCUT2D eigenvalue weighted by atomic mass is 9.93. The van der Waals surface area contributed by atoms with Crippen molar-refractivity contribution in [3.63, 3.8) is 0 Å². The molecule has 0 amide bonds. The summed E-state index contributed by atoms with van der Waals surface area (Å²) in [7, 11) is 0. The number of rotatable bonds is 5. The Balaban J connectivity index is 1.71. The lowest BCUT2D eigenvalue weighted by Gasteiger charge is -2.32. The van der Waals surface area contributed by atoms with Crippen molar-refractivity contribution in [1.82, 2.24) is 4.90 Å². The third kappa shape index (κ3) is 3.78. The minimum Gasteiger partial charge on any atom is -0.374 e. The van der Waals surface area contributed by atoms with Gasteiger partial charge in [-0.05, 0) is 63.6 Å². The molecule has 0 bridgehead atoms. The zero-order valence-electron chi connectivity index (χ0n) is 11.0. The Morgan fingerprint density at radius 2 is 1.94 bits per heavy atom. The molecule has 0 N–H and O–H groups in total. The number of piperidine rings is 1. The molecule has 2 nitrogen and oxygen atoms in total. The van der Waals surface area contributed by atoms with Gasteiger partial charge in [0.25, 0.3) is 0 Å². The van der Waals surface area contributed by atoms with Crippen LogP contribution in [-0.4, -0.2) is 37.2 Å². The first kappa shape index (κ1) is 13.0. The van der Waals surface area contributed by atoms with Crippen molar-refractivity contribution >= 4 is 0 Å². The number of ether oxygens (including phenoxy) is 1. The number of hydrogen-bond donors (Lipinski definition) is 0. The van der Waals surface area contributed by atoms with Crippen molar-refractivity contribution in [2.45, 2.75) is 45.6 Å². The predicted molar refractivity (Wildman–Crippen MR) is 67.6 cm³/mol. The molecule has 2 fully saturated rings. The second kappa shape index (κ2) is 5.49. The molecular weight excluding hydrogens is 217 g/mol. The number of likely N-dealkylation sites (tertiary alicyclic amines) is 1. The molecule has 0 aromatic carbocycles. The van der Waals surface area contributed by atoms with Crippen molar-refractivity contribution in [1.29, 1.82) is 0 Å². The number of halogens is 1. The van der Waals surface area contributed by atoms with E-state index in [0.29, 0.717) is 12.0 Å². The van der Waals surface area contributed by atoms with E-state index in [9.17, 15) is 4.39 Å². The molecule has 1 saturated heterocycles. The smallest absolute Gasteiger partial charge is 0.0894 e. The molecule has 1 heterocycles. The van der Waals surface area contributed by atoms with Gasteiger partial charge in [0.05, 0.1) is 19.0 Å². The molecule has 3 heteroatoms. The van der Waals surface area contributed by atoms with Gasteiger partial charge in [0, 0.05) is 6.54 Å². The van der Waals surface area contributed by atoms with Gasteiger partial charge in [-0.25, -0.2) is 4.39 Å². The van der Waals surface area contributed by atoms with Crippen LogP contribution in [0, 0.1) is 5.41 Å². The highest BCUT2D eigenvalue weighted by Gasteiger charge is 2.44. The fraction of sp³-hybridized carbons (Fsp3) is 0.857. The minimum absolute atomic E-state index is 0.168. The van der Waals surface area contributed by atoms with Crippen molar-refractivity contribution < 1.29 is 9.13 Å². The zero-order valence-corrected chi connectivity index (χ0v) is 11.0. The first-order valence-electron chi connectivity index (χ1n) is 6.76. The molecule has 2 aliphatic rings. The Bertz CT molecular complexity index is 274. The highest BCUT2D eigenvalue weighted by atomic mass is 19.1. The van der Waals surface area contributed by atoms with Gasteiger partial charge in [-0.2, -0.15) is 0 Å². The molecule has 0 atom stereocenters. The summed E-state index contributed by atoms with van der Waals surface area (Å²) < 4.78 is 18.2. The van der Waals surface area contributed by atoms with Gasteiger partial charge in [-0.15, -0.1) is 0 Å². The molecular formula is C14H24FNO. The van der Waals surface area contributed by atoms with Gasteiger partial charge in [0.2, 0.25) is 0 Å². The monoisotopic (exact) mass is 241 g/mol. The first-order valence-corrected chi connectivity index (χ1v) is 6.76. The van der Waals surface area contributed by atoms with E-state index in [1.807, 2.05) is 13.8 Å². The van der Waals surface area contributed by atoms with Gasteiger partial charge in [-0.3, -0.25) is 4.90 Å². The summed E-state index contributed by atoms with van der Waals surface area (Å²) in [5.74, 6) is 0. The topological polar surface area (TPSA) is 12.5 Å². The number of hydrogen-bond acceptors (Lipinski definition) is 2. The second-order valence-electron chi connectivity index (χ2n) is 5.90. The van der Waals surface area contributed by atoms with Crippen molar-refractivity contribution in [3.8, 4) is 0 Å². The van der Waals surface area contributed by atoms with Crippen molar-refractivity contribution in [2.75, 3.05) is 26.2 Å². The summed E-state index contributed by atoms with van der Waals surface area (Å²) >= 11 is 0. The summed E-state index contributed by atoms with van der Waals surface area (Å²) in [6, 6.07) is 0. The van der Waals surface area contributed by atoms with Crippen LogP contribution in [0.15, 0.2) is 11.9 Å². The van der Waals surface area contributed by atoms with Crippen molar-refractivity contribution in [3.05, 3.63) is 11.9 Å². The standard InChI is InChI=1S/C14H24FNO/c1-12(2)17-11-13(9-15)10-16-7-5-14(3-4-14)6-8-16/h9,12H,3-8,10-11H2,1-2H3/b13-9+. The molecule has 1 saturated carbocycles. The summed E-state index contributed by atoms with van der Waals surface area (Å²) in [4.78, 5) is 2.36. The normalized spacial score (nSPS) is 24.6. The third-order valence-corrected chi connectivity index (χ3v) is 4.06. The van der Waals surface area contributed by atoms with Crippen molar-refractivity contribution in [2.24, 2.45) is 5.41 Å². The van der Waals surface area contributed by atoms with E-state index in [4.69, 9.17) is 4.74 Å². The summed E-state index contributed by atoms with van der Waals surface area (Å²) in [6.07, 6.45) is 6.34. The molecule has 98 valence electrons. The van der Waals surface area contributed by atoms with Gasteiger partial charge < -0.3 is 4.74 Å². The van der Waals surface area contributed by atoms with Crippen LogP contribution in [0.2, 0.25) is 0 Å². The maximum absolute atomic E-state index is 12.8.